The summed E-state index contributed by atoms with van der Waals surface area (Å²) in [6, 6.07) is 0.249. The van der Waals surface area contributed by atoms with E-state index in [9.17, 15) is 4.79 Å². The highest BCUT2D eigenvalue weighted by Gasteiger charge is 2.16. The van der Waals surface area contributed by atoms with Gasteiger partial charge in [-0.3, -0.25) is 0 Å². The highest BCUT2D eigenvalue weighted by atomic mass is 16.6. The molecule has 0 aromatic heterocycles. The van der Waals surface area contributed by atoms with Gasteiger partial charge in [0.25, 0.3) is 0 Å². The summed E-state index contributed by atoms with van der Waals surface area (Å²) in [6.45, 7) is 16.9. The van der Waals surface area contributed by atoms with Crippen molar-refractivity contribution in [2.45, 2.75) is 59.6 Å². The summed E-state index contributed by atoms with van der Waals surface area (Å²) in [5.74, 6) is 0. The van der Waals surface area contributed by atoms with Crippen LogP contribution in [0.25, 0.3) is 0 Å². The summed E-state index contributed by atoms with van der Waals surface area (Å²) in [6.07, 6.45) is 0.771. The zero-order valence-electron chi connectivity index (χ0n) is 14.1. The first kappa shape index (κ1) is 19.2. The van der Waals surface area contributed by atoms with Crippen molar-refractivity contribution in [1.29, 1.82) is 0 Å². The van der Waals surface area contributed by atoms with Crippen LogP contribution in [0.3, 0.4) is 0 Å². The maximum absolute atomic E-state index is 11.5. The molecule has 0 saturated heterocycles. The minimum Gasteiger partial charge on any atom is -0.444 e. The highest BCUT2D eigenvalue weighted by Crippen LogP contribution is 2.06. The van der Waals surface area contributed by atoms with Crippen molar-refractivity contribution in [3.05, 3.63) is 0 Å². The van der Waals surface area contributed by atoms with Crippen LogP contribution < -0.4 is 10.6 Å². The van der Waals surface area contributed by atoms with Gasteiger partial charge in [-0.05, 0) is 60.3 Å². The van der Waals surface area contributed by atoms with Crippen LogP contribution >= 0.6 is 0 Å². The molecule has 120 valence electrons. The lowest BCUT2D eigenvalue weighted by Crippen LogP contribution is -2.41. The van der Waals surface area contributed by atoms with Crippen molar-refractivity contribution in [3.63, 3.8) is 0 Å². The van der Waals surface area contributed by atoms with Crippen LogP contribution in [0, 0.1) is 0 Å². The van der Waals surface area contributed by atoms with Gasteiger partial charge in [-0.1, -0.05) is 13.8 Å². The molecule has 0 fully saturated rings. The molecule has 0 rings (SSSR count). The molecule has 1 unspecified atom stereocenters. The van der Waals surface area contributed by atoms with E-state index in [2.05, 4.69) is 36.3 Å². The molecule has 0 aromatic carbocycles. The van der Waals surface area contributed by atoms with E-state index < -0.39 is 5.60 Å². The molecule has 0 aliphatic heterocycles. The van der Waals surface area contributed by atoms with Crippen LogP contribution in [0.2, 0.25) is 0 Å². The first-order valence-corrected chi connectivity index (χ1v) is 7.71. The van der Waals surface area contributed by atoms with Gasteiger partial charge in [0.15, 0.2) is 0 Å². The fourth-order valence-electron chi connectivity index (χ4n) is 1.81. The second-order valence-electron chi connectivity index (χ2n) is 6.12. The largest absolute Gasteiger partial charge is 0.444 e. The SMILES string of the molecule is CCN(CC)CCCNC(C)CNC(=O)OC(C)(C)C. The molecule has 0 aliphatic rings. The lowest BCUT2D eigenvalue weighted by atomic mass is 10.2. The van der Waals surface area contributed by atoms with Gasteiger partial charge in [-0.15, -0.1) is 0 Å². The third-order valence-electron chi connectivity index (χ3n) is 2.99. The molecule has 20 heavy (non-hydrogen) atoms. The fraction of sp³-hybridized carbons (Fsp3) is 0.933. The number of nitrogens with zero attached hydrogens (tertiary/aromatic N) is 1. The summed E-state index contributed by atoms with van der Waals surface area (Å²) in [7, 11) is 0. The van der Waals surface area contributed by atoms with Crippen LogP contribution in [-0.2, 0) is 4.74 Å². The van der Waals surface area contributed by atoms with Crippen LogP contribution in [0.5, 0.6) is 0 Å². The van der Waals surface area contributed by atoms with Gasteiger partial charge in [0.05, 0.1) is 0 Å². The molecule has 5 heteroatoms. The van der Waals surface area contributed by atoms with Gasteiger partial charge in [0.2, 0.25) is 0 Å². The summed E-state index contributed by atoms with van der Waals surface area (Å²) in [4.78, 5) is 13.9. The van der Waals surface area contributed by atoms with Gasteiger partial charge in [-0.25, -0.2) is 4.79 Å². The normalized spacial score (nSPS) is 13.3. The third-order valence-corrected chi connectivity index (χ3v) is 2.99. The number of nitrogens with one attached hydrogen (secondary N) is 2. The third kappa shape index (κ3) is 11.1. The van der Waals surface area contributed by atoms with E-state index in [-0.39, 0.29) is 12.1 Å². The molecule has 0 spiro atoms. The molecule has 0 aromatic rings. The molecule has 0 bridgehead atoms. The molecule has 0 aliphatic carbocycles. The van der Waals surface area contributed by atoms with E-state index in [4.69, 9.17) is 4.74 Å². The van der Waals surface area contributed by atoms with Gasteiger partial charge in [0, 0.05) is 12.6 Å². The Balaban J connectivity index is 3.64. The predicted molar refractivity (Wildman–Crippen MR) is 84.1 cm³/mol. The Morgan fingerprint density at radius 2 is 1.85 bits per heavy atom. The van der Waals surface area contributed by atoms with E-state index >= 15 is 0 Å². The Hall–Kier alpha value is -0.810. The quantitative estimate of drug-likeness (QED) is 0.639. The summed E-state index contributed by atoms with van der Waals surface area (Å²) in [5, 5.41) is 6.18. The topological polar surface area (TPSA) is 53.6 Å². The molecular weight excluding hydrogens is 254 g/mol. The minimum atomic E-state index is -0.440. The number of carbonyl (C=O) groups excluding carboxylic acids is 1. The van der Waals surface area contributed by atoms with E-state index in [1.54, 1.807) is 0 Å². The van der Waals surface area contributed by atoms with Crippen molar-refractivity contribution in [2.75, 3.05) is 32.7 Å². The number of carbonyl (C=O) groups is 1. The van der Waals surface area contributed by atoms with Crippen LogP contribution in [0.1, 0.15) is 48.0 Å². The highest BCUT2D eigenvalue weighted by molar-refractivity contribution is 5.67. The van der Waals surface area contributed by atoms with Crippen molar-refractivity contribution in [2.24, 2.45) is 0 Å². The van der Waals surface area contributed by atoms with Crippen molar-refractivity contribution in [3.8, 4) is 0 Å². The molecule has 0 heterocycles. The second-order valence-corrected chi connectivity index (χ2v) is 6.12. The number of alkyl carbamates (subject to hydrolysis) is 1. The molecule has 0 radical (unpaired) electrons. The van der Waals surface area contributed by atoms with E-state index in [1.165, 1.54) is 0 Å². The summed E-state index contributed by atoms with van der Waals surface area (Å²) >= 11 is 0. The number of hydrogen-bond donors (Lipinski definition) is 2. The van der Waals surface area contributed by atoms with Gasteiger partial charge in [-0.2, -0.15) is 0 Å². The number of amides is 1. The first-order valence-electron chi connectivity index (χ1n) is 7.71. The average Bonchev–Trinajstić information content (AvgIpc) is 2.34. The van der Waals surface area contributed by atoms with Crippen LogP contribution in [0.4, 0.5) is 4.79 Å². The van der Waals surface area contributed by atoms with E-state index in [1.807, 2.05) is 20.8 Å². The molecule has 5 nitrogen and oxygen atoms in total. The zero-order valence-corrected chi connectivity index (χ0v) is 14.1. The monoisotopic (exact) mass is 287 g/mol. The molecule has 2 N–H and O–H groups in total. The van der Waals surface area contributed by atoms with E-state index in [0.29, 0.717) is 6.54 Å². The van der Waals surface area contributed by atoms with Gasteiger partial charge >= 0.3 is 6.09 Å². The van der Waals surface area contributed by atoms with Crippen molar-refractivity contribution in [1.82, 2.24) is 15.5 Å². The Bertz CT molecular complexity index is 260. The number of hydrogen-bond acceptors (Lipinski definition) is 4. The summed E-state index contributed by atoms with van der Waals surface area (Å²) < 4.78 is 5.19. The van der Waals surface area contributed by atoms with Gasteiger partial charge in [0.1, 0.15) is 5.60 Å². The number of ether oxygens (including phenoxy) is 1. The van der Waals surface area contributed by atoms with Crippen molar-refractivity contribution < 1.29 is 9.53 Å². The Morgan fingerprint density at radius 3 is 2.35 bits per heavy atom. The molecule has 1 amide bonds. The zero-order chi connectivity index (χ0) is 15.6. The maximum atomic E-state index is 11.5. The second kappa shape index (κ2) is 10.00. The molecule has 0 saturated carbocycles. The standard InChI is InChI=1S/C15H33N3O2/c1-7-18(8-2)11-9-10-16-13(3)12-17-14(19)20-15(4,5)6/h13,16H,7-12H2,1-6H3,(H,17,19). The van der Waals surface area contributed by atoms with Crippen molar-refractivity contribution >= 4 is 6.09 Å². The molecule has 1 atom stereocenters. The van der Waals surface area contributed by atoms with Crippen LogP contribution in [-0.4, -0.2) is 55.4 Å². The van der Waals surface area contributed by atoms with Gasteiger partial charge < -0.3 is 20.3 Å². The number of rotatable bonds is 9. The maximum Gasteiger partial charge on any atom is 0.407 e. The Kier molecular flexibility index (Phi) is 9.59. The van der Waals surface area contributed by atoms with Crippen LogP contribution in [0.15, 0.2) is 0 Å². The molecular formula is C15H33N3O2. The first-order chi connectivity index (χ1) is 9.28. The van der Waals surface area contributed by atoms with E-state index in [0.717, 1.165) is 32.6 Å². The fourth-order valence-corrected chi connectivity index (χ4v) is 1.81. The Labute approximate surface area is 124 Å². The Morgan fingerprint density at radius 1 is 1.25 bits per heavy atom. The lowest BCUT2D eigenvalue weighted by molar-refractivity contribution is 0.0523. The summed E-state index contributed by atoms with van der Waals surface area (Å²) in [5.41, 5.74) is -0.440. The predicted octanol–water partition coefficient (Wildman–Crippen LogP) is 2.22. The lowest BCUT2D eigenvalue weighted by Gasteiger charge is -2.21. The smallest absolute Gasteiger partial charge is 0.407 e. The minimum absolute atomic E-state index is 0.249. The average molecular weight is 287 g/mol.